The molecule has 4 rings (SSSR count). The number of benzene rings is 2. The summed E-state index contributed by atoms with van der Waals surface area (Å²) in [5.41, 5.74) is 1.57. The van der Waals surface area contributed by atoms with Crippen LogP contribution in [-0.2, 0) is 25.8 Å². The third kappa shape index (κ3) is 5.28. The maximum Gasteiger partial charge on any atom is 0.233 e. The first-order valence-electron chi connectivity index (χ1n) is 10.6. The number of hydrogen-bond donors (Lipinski definition) is 0. The highest BCUT2D eigenvalue weighted by molar-refractivity contribution is 7.90. The smallest absolute Gasteiger partial charge is 0.233 e. The number of fused-ring (bicyclic) bond motifs is 1. The van der Waals surface area contributed by atoms with Gasteiger partial charge >= 0.3 is 0 Å². The van der Waals surface area contributed by atoms with Gasteiger partial charge < -0.3 is 9.47 Å². The first-order chi connectivity index (χ1) is 15.3. The third-order valence-corrected chi connectivity index (χ3v) is 7.48. The van der Waals surface area contributed by atoms with Gasteiger partial charge in [-0.3, -0.25) is 9.69 Å². The van der Waals surface area contributed by atoms with Gasteiger partial charge in [-0.1, -0.05) is 23.5 Å². The number of nitrogens with zero attached hydrogens (tertiary/aromatic N) is 2. The average molecular weight is 475 g/mol. The van der Waals surface area contributed by atoms with Crippen molar-refractivity contribution >= 4 is 42.4 Å². The molecule has 1 fully saturated rings. The van der Waals surface area contributed by atoms with E-state index in [-0.39, 0.29) is 23.3 Å². The first-order valence-corrected chi connectivity index (χ1v) is 13.3. The van der Waals surface area contributed by atoms with E-state index in [1.165, 1.54) is 29.7 Å². The van der Waals surface area contributed by atoms with Crippen molar-refractivity contribution in [2.24, 2.45) is 0 Å². The maximum atomic E-state index is 13.3. The molecule has 3 aromatic rings. The monoisotopic (exact) mass is 474 g/mol. The minimum Gasteiger partial charge on any atom is -0.494 e. The molecule has 1 amide bonds. The fourth-order valence-electron chi connectivity index (χ4n) is 3.67. The van der Waals surface area contributed by atoms with Crippen LogP contribution in [-0.4, -0.2) is 51.4 Å². The molecular weight excluding hydrogens is 448 g/mol. The van der Waals surface area contributed by atoms with Gasteiger partial charge in [0.2, 0.25) is 5.91 Å². The summed E-state index contributed by atoms with van der Waals surface area (Å²) in [6.45, 7) is 3.67. The van der Waals surface area contributed by atoms with E-state index < -0.39 is 9.84 Å². The number of ether oxygens (including phenoxy) is 2. The van der Waals surface area contributed by atoms with Gasteiger partial charge in [-0.2, -0.15) is 0 Å². The van der Waals surface area contributed by atoms with Crippen LogP contribution in [0.3, 0.4) is 0 Å². The van der Waals surface area contributed by atoms with E-state index in [4.69, 9.17) is 14.5 Å². The molecule has 0 bridgehead atoms. The van der Waals surface area contributed by atoms with Crippen molar-refractivity contribution in [2.75, 3.05) is 30.9 Å². The Balaban J connectivity index is 1.59. The van der Waals surface area contributed by atoms with Gasteiger partial charge in [0.25, 0.3) is 0 Å². The summed E-state index contributed by atoms with van der Waals surface area (Å²) in [5, 5.41) is 0.627. The van der Waals surface area contributed by atoms with Gasteiger partial charge in [0.05, 0.1) is 40.8 Å². The summed E-state index contributed by atoms with van der Waals surface area (Å²) in [5.74, 6) is 0.676. The van der Waals surface area contributed by atoms with Crippen LogP contribution in [0.2, 0.25) is 0 Å². The number of thiazole rings is 1. The molecule has 7 nitrogen and oxygen atoms in total. The Bertz CT molecular complexity index is 1200. The zero-order valence-electron chi connectivity index (χ0n) is 18.1. The van der Waals surface area contributed by atoms with Crippen molar-refractivity contribution in [2.45, 2.75) is 37.2 Å². The molecule has 0 radical (unpaired) electrons. The number of rotatable bonds is 8. The van der Waals surface area contributed by atoms with Gasteiger partial charge in [0.15, 0.2) is 15.0 Å². The SMILES string of the molecule is CCOc1ccc2nc(N(CC3CCCO3)C(=O)Cc3ccc(S(C)(=O)=O)cc3)sc2c1. The maximum absolute atomic E-state index is 13.3. The lowest BCUT2D eigenvalue weighted by Crippen LogP contribution is -2.38. The van der Waals surface area contributed by atoms with E-state index >= 15 is 0 Å². The number of anilines is 1. The quantitative estimate of drug-likeness (QED) is 0.493. The molecule has 0 saturated carbocycles. The van der Waals surface area contributed by atoms with E-state index in [1.807, 2.05) is 25.1 Å². The van der Waals surface area contributed by atoms with E-state index in [9.17, 15) is 13.2 Å². The summed E-state index contributed by atoms with van der Waals surface area (Å²) in [6, 6.07) is 12.2. The molecule has 9 heteroatoms. The van der Waals surface area contributed by atoms with Crippen LogP contribution in [0.4, 0.5) is 5.13 Å². The standard InChI is InChI=1S/C23H26N2O5S2/c1-3-29-17-8-11-20-21(14-17)31-23(24-20)25(15-18-5-4-12-30-18)22(26)13-16-6-9-19(10-7-16)32(2,27)28/h6-11,14,18H,3-5,12-13,15H2,1-2H3. The summed E-state index contributed by atoms with van der Waals surface area (Å²) >= 11 is 1.45. The average Bonchev–Trinajstić information content (AvgIpc) is 3.41. The molecule has 1 unspecified atom stereocenters. The number of sulfone groups is 1. The molecule has 1 saturated heterocycles. The van der Waals surface area contributed by atoms with Crippen LogP contribution in [0.25, 0.3) is 10.2 Å². The number of carbonyl (C=O) groups excluding carboxylic acids is 1. The lowest BCUT2D eigenvalue weighted by molar-refractivity contribution is -0.118. The molecule has 1 aromatic heterocycles. The fraction of sp³-hybridized carbons (Fsp3) is 0.391. The summed E-state index contributed by atoms with van der Waals surface area (Å²) < 4.78 is 35.7. The third-order valence-electron chi connectivity index (χ3n) is 5.31. The zero-order chi connectivity index (χ0) is 22.7. The van der Waals surface area contributed by atoms with Crippen LogP contribution in [0.15, 0.2) is 47.4 Å². The van der Waals surface area contributed by atoms with Gasteiger partial charge in [-0.25, -0.2) is 13.4 Å². The van der Waals surface area contributed by atoms with Crippen LogP contribution in [0.5, 0.6) is 5.75 Å². The van der Waals surface area contributed by atoms with Gasteiger partial charge in [-0.05, 0) is 55.7 Å². The Hall–Kier alpha value is -2.49. The topological polar surface area (TPSA) is 85.8 Å². The molecule has 1 atom stereocenters. The van der Waals surface area contributed by atoms with Gasteiger partial charge in [0.1, 0.15) is 5.75 Å². The number of aromatic nitrogens is 1. The Morgan fingerprint density at radius 3 is 2.69 bits per heavy atom. The van der Waals surface area contributed by atoms with Crippen molar-refractivity contribution in [3.63, 3.8) is 0 Å². The van der Waals surface area contributed by atoms with Crippen LogP contribution < -0.4 is 9.64 Å². The second-order valence-corrected chi connectivity index (χ2v) is 10.8. The highest BCUT2D eigenvalue weighted by atomic mass is 32.2. The highest BCUT2D eigenvalue weighted by Gasteiger charge is 2.26. The van der Waals surface area contributed by atoms with E-state index in [2.05, 4.69) is 0 Å². The van der Waals surface area contributed by atoms with Crippen molar-refractivity contribution in [1.82, 2.24) is 4.98 Å². The van der Waals surface area contributed by atoms with Gasteiger partial charge in [-0.15, -0.1) is 0 Å². The van der Waals surface area contributed by atoms with Crippen LogP contribution in [0, 0.1) is 0 Å². The Morgan fingerprint density at radius 2 is 2.03 bits per heavy atom. The van der Waals surface area contributed by atoms with Crippen LogP contribution >= 0.6 is 11.3 Å². The predicted molar refractivity (Wildman–Crippen MR) is 125 cm³/mol. The molecule has 2 heterocycles. The van der Waals surface area contributed by atoms with Crippen molar-refractivity contribution < 1.29 is 22.7 Å². The predicted octanol–water partition coefficient (Wildman–Crippen LogP) is 3.85. The van der Waals surface area contributed by atoms with Gasteiger partial charge in [0, 0.05) is 12.9 Å². The normalized spacial score (nSPS) is 16.4. The first kappa shape index (κ1) is 22.7. The van der Waals surface area contributed by atoms with Crippen molar-refractivity contribution in [3.05, 3.63) is 48.0 Å². The zero-order valence-corrected chi connectivity index (χ0v) is 19.7. The van der Waals surface area contributed by atoms with Crippen molar-refractivity contribution in [3.8, 4) is 5.75 Å². The molecule has 2 aromatic carbocycles. The Morgan fingerprint density at radius 1 is 1.25 bits per heavy atom. The second-order valence-electron chi connectivity index (χ2n) is 7.79. The fourth-order valence-corrected chi connectivity index (χ4v) is 5.32. The minimum atomic E-state index is -3.28. The van der Waals surface area contributed by atoms with Crippen molar-refractivity contribution in [1.29, 1.82) is 0 Å². The number of carbonyl (C=O) groups is 1. The summed E-state index contributed by atoms with van der Waals surface area (Å²) in [7, 11) is -3.28. The van der Waals surface area contributed by atoms with Crippen LogP contribution in [0.1, 0.15) is 25.3 Å². The molecule has 0 N–H and O–H groups in total. The van der Waals surface area contributed by atoms with E-state index in [0.717, 1.165) is 34.4 Å². The highest BCUT2D eigenvalue weighted by Crippen LogP contribution is 2.32. The van der Waals surface area contributed by atoms with E-state index in [0.29, 0.717) is 24.9 Å². The van der Waals surface area contributed by atoms with E-state index in [1.54, 1.807) is 17.0 Å². The minimum absolute atomic E-state index is 0.0161. The molecular formula is C23H26N2O5S2. The molecule has 0 spiro atoms. The number of hydrogen-bond acceptors (Lipinski definition) is 7. The second kappa shape index (κ2) is 9.56. The number of amides is 1. The Kier molecular flexibility index (Phi) is 6.78. The largest absolute Gasteiger partial charge is 0.494 e. The molecule has 1 aliphatic rings. The molecule has 32 heavy (non-hydrogen) atoms. The lowest BCUT2D eigenvalue weighted by Gasteiger charge is -2.23. The summed E-state index contributed by atoms with van der Waals surface area (Å²) in [6.07, 6.45) is 3.19. The Labute approximate surface area is 191 Å². The lowest BCUT2D eigenvalue weighted by atomic mass is 10.1. The summed E-state index contributed by atoms with van der Waals surface area (Å²) in [4.78, 5) is 20.0. The molecule has 1 aliphatic heterocycles. The molecule has 0 aliphatic carbocycles. The molecule has 170 valence electrons.